The summed E-state index contributed by atoms with van der Waals surface area (Å²) < 4.78 is 0. The van der Waals surface area contributed by atoms with Crippen molar-refractivity contribution in [3.05, 3.63) is 33.0 Å². The van der Waals surface area contributed by atoms with E-state index in [1.807, 2.05) is 11.3 Å². The molecule has 0 spiro atoms. The molecular weight excluding hydrogens is 298 g/mol. The van der Waals surface area contributed by atoms with E-state index >= 15 is 0 Å². The standard InChI is InChI=1S/C16H25N3S2/c1-5-8-17-10-14-15(12(2)3)18-16(21-14)19(4)11-13-7-6-9-20-13/h6-7,9,12,17H,5,8,10-11H2,1-4H3. The second-order valence-corrected chi connectivity index (χ2v) is 7.67. The van der Waals surface area contributed by atoms with Crippen LogP contribution in [-0.2, 0) is 13.1 Å². The molecule has 0 radical (unpaired) electrons. The summed E-state index contributed by atoms with van der Waals surface area (Å²) in [6, 6.07) is 4.29. The summed E-state index contributed by atoms with van der Waals surface area (Å²) >= 11 is 3.63. The molecule has 0 fully saturated rings. The van der Waals surface area contributed by atoms with Crippen molar-refractivity contribution in [1.82, 2.24) is 10.3 Å². The second-order valence-electron chi connectivity index (χ2n) is 5.57. The van der Waals surface area contributed by atoms with Crippen molar-refractivity contribution in [2.45, 2.75) is 46.2 Å². The zero-order valence-corrected chi connectivity index (χ0v) is 15.0. The van der Waals surface area contributed by atoms with Gasteiger partial charge in [-0.3, -0.25) is 0 Å². The molecule has 0 unspecified atom stereocenters. The zero-order chi connectivity index (χ0) is 15.2. The predicted octanol–water partition coefficient (Wildman–Crippen LogP) is 4.46. The molecular formula is C16H25N3S2. The van der Waals surface area contributed by atoms with Gasteiger partial charge in [-0.05, 0) is 30.3 Å². The van der Waals surface area contributed by atoms with Gasteiger partial charge in [0.1, 0.15) is 0 Å². The number of rotatable bonds is 8. The first-order valence-corrected chi connectivity index (χ1v) is 9.25. The minimum absolute atomic E-state index is 0.476. The molecule has 2 heterocycles. The Morgan fingerprint density at radius 1 is 1.38 bits per heavy atom. The topological polar surface area (TPSA) is 28.2 Å². The van der Waals surface area contributed by atoms with Crippen LogP contribution in [0.15, 0.2) is 17.5 Å². The predicted molar refractivity (Wildman–Crippen MR) is 94.6 cm³/mol. The Balaban J connectivity index is 2.10. The van der Waals surface area contributed by atoms with Gasteiger partial charge in [-0.15, -0.1) is 22.7 Å². The van der Waals surface area contributed by atoms with Gasteiger partial charge in [0.05, 0.1) is 12.2 Å². The van der Waals surface area contributed by atoms with Gasteiger partial charge in [0.2, 0.25) is 0 Å². The van der Waals surface area contributed by atoms with E-state index in [9.17, 15) is 0 Å². The maximum absolute atomic E-state index is 4.88. The third kappa shape index (κ3) is 4.53. The SMILES string of the molecule is CCCNCc1sc(N(C)Cc2cccs2)nc1C(C)C. The van der Waals surface area contributed by atoms with Crippen LogP contribution in [0.4, 0.5) is 5.13 Å². The lowest BCUT2D eigenvalue weighted by molar-refractivity contribution is 0.670. The summed E-state index contributed by atoms with van der Waals surface area (Å²) in [6.07, 6.45) is 1.17. The molecule has 0 aliphatic carbocycles. The average molecular weight is 324 g/mol. The van der Waals surface area contributed by atoms with Crippen molar-refractivity contribution in [2.24, 2.45) is 0 Å². The Morgan fingerprint density at radius 2 is 2.19 bits per heavy atom. The van der Waals surface area contributed by atoms with E-state index in [0.717, 1.165) is 24.8 Å². The van der Waals surface area contributed by atoms with Crippen LogP contribution in [0.1, 0.15) is 48.6 Å². The summed E-state index contributed by atoms with van der Waals surface area (Å²) in [5.74, 6) is 0.476. The fourth-order valence-corrected chi connectivity index (χ4v) is 4.08. The highest BCUT2D eigenvalue weighted by atomic mass is 32.1. The van der Waals surface area contributed by atoms with Gasteiger partial charge in [-0.1, -0.05) is 26.8 Å². The van der Waals surface area contributed by atoms with Crippen LogP contribution in [0.2, 0.25) is 0 Å². The van der Waals surface area contributed by atoms with Gasteiger partial charge in [-0.25, -0.2) is 4.98 Å². The number of hydrogen-bond acceptors (Lipinski definition) is 5. The summed E-state index contributed by atoms with van der Waals surface area (Å²) in [5.41, 5.74) is 1.25. The molecule has 0 aliphatic heterocycles. The van der Waals surface area contributed by atoms with Crippen LogP contribution in [0, 0.1) is 0 Å². The quantitative estimate of drug-likeness (QED) is 0.727. The summed E-state index contributed by atoms with van der Waals surface area (Å²) in [7, 11) is 2.13. The maximum atomic E-state index is 4.88. The number of thiazole rings is 1. The first-order valence-electron chi connectivity index (χ1n) is 7.55. The Kier molecular flexibility index (Phi) is 6.21. The van der Waals surface area contributed by atoms with Gasteiger partial charge in [-0.2, -0.15) is 0 Å². The van der Waals surface area contributed by atoms with Gasteiger partial charge >= 0.3 is 0 Å². The number of anilines is 1. The normalized spacial score (nSPS) is 11.3. The molecule has 0 bridgehead atoms. The molecule has 5 heteroatoms. The zero-order valence-electron chi connectivity index (χ0n) is 13.3. The van der Waals surface area contributed by atoms with Gasteiger partial charge < -0.3 is 10.2 Å². The van der Waals surface area contributed by atoms with E-state index in [-0.39, 0.29) is 0 Å². The number of nitrogens with one attached hydrogen (secondary N) is 1. The monoisotopic (exact) mass is 323 g/mol. The number of nitrogens with zero attached hydrogens (tertiary/aromatic N) is 2. The highest BCUT2D eigenvalue weighted by Crippen LogP contribution is 2.31. The lowest BCUT2D eigenvalue weighted by atomic mass is 10.1. The first-order chi connectivity index (χ1) is 10.1. The van der Waals surface area contributed by atoms with E-state index in [0.29, 0.717) is 5.92 Å². The molecule has 0 atom stereocenters. The maximum Gasteiger partial charge on any atom is 0.185 e. The largest absolute Gasteiger partial charge is 0.346 e. The van der Waals surface area contributed by atoms with Crippen molar-refractivity contribution in [1.29, 1.82) is 0 Å². The van der Waals surface area contributed by atoms with Crippen molar-refractivity contribution < 1.29 is 0 Å². The average Bonchev–Trinajstić information content (AvgIpc) is 3.08. The van der Waals surface area contributed by atoms with Crippen molar-refractivity contribution in [3.8, 4) is 0 Å². The molecule has 2 aromatic heterocycles. The molecule has 3 nitrogen and oxygen atoms in total. The van der Waals surface area contributed by atoms with Gasteiger partial charge in [0.15, 0.2) is 5.13 Å². The van der Waals surface area contributed by atoms with Crippen LogP contribution < -0.4 is 10.2 Å². The molecule has 21 heavy (non-hydrogen) atoms. The third-order valence-electron chi connectivity index (χ3n) is 3.28. The van der Waals surface area contributed by atoms with Crippen LogP contribution in [0.3, 0.4) is 0 Å². The third-order valence-corrected chi connectivity index (χ3v) is 5.32. The van der Waals surface area contributed by atoms with E-state index in [4.69, 9.17) is 4.98 Å². The number of aromatic nitrogens is 1. The highest BCUT2D eigenvalue weighted by Gasteiger charge is 2.16. The van der Waals surface area contributed by atoms with Crippen molar-refractivity contribution in [3.63, 3.8) is 0 Å². The molecule has 2 aromatic rings. The van der Waals surface area contributed by atoms with Crippen LogP contribution in [-0.4, -0.2) is 18.6 Å². The highest BCUT2D eigenvalue weighted by molar-refractivity contribution is 7.15. The lowest BCUT2D eigenvalue weighted by Gasteiger charge is -2.14. The smallest absolute Gasteiger partial charge is 0.185 e. The number of thiophene rings is 1. The lowest BCUT2D eigenvalue weighted by Crippen LogP contribution is -2.15. The minimum atomic E-state index is 0.476. The van der Waals surface area contributed by atoms with Crippen molar-refractivity contribution in [2.75, 3.05) is 18.5 Å². The Labute approximate surface area is 136 Å². The summed E-state index contributed by atoms with van der Waals surface area (Å²) in [6.45, 7) is 9.58. The molecule has 0 amide bonds. The fraction of sp³-hybridized carbons (Fsp3) is 0.562. The van der Waals surface area contributed by atoms with Crippen LogP contribution >= 0.6 is 22.7 Å². The fourth-order valence-electron chi connectivity index (χ4n) is 2.17. The first kappa shape index (κ1) is 16.5. The van der Waals surface area contributed by atoms with Crippen molar-refractivity contribution >= 4 is 27.8 Å². The summed E-state index contributed by atoms with van der Waals surface area (Å²) in [5, 5.41) is 6.75. The molecule has 0 saturated carbocycles. The molecule has 0 saturated heterocycles. The van der Waals surface area contributed by atoms with E-state index in [2.05, 4.69) is 55.5 Å². The summed E-state index contributed by atoms with van der Waals surface area (Å²) in [4.78, 5) is 9.89. The Hall–Kier alpha value is -0.910. The Morgan fingerprint density at radius 3 is 2.81 bits per heavy atom. The van der Waals surface area contributed by atoms with Gasteiger partial charge in [0, 0.05) is 23.3 Å². The molecule has 1 N–H and O–H groups in total. The molecule has 116 valence electrons. The molecule has 2 rings (SSSR count). The van der Waals surface area contributed by atoms with E-state index in [1.54, 1.807) is 11.3 Å². The van der Waals surface area contributed by atoms with E-state index < -0.39 is 0 Å². The number of hydrogen-bond donors (Lipinski definition) is 1. The van der Waals surface area contributed by atoms with Gasteiger partial charge in [0.25, 0.3) is 0 Å². The minimum Gasteiger partial charge on any atom is -0.346 e. The molecule has 0 aliphatic rings. The molecule has 0 aromatic carbocycles. The van der Waals surface area contributed by atoms with Crippen LogP contribution in [0.25, 0.3) is 0 Å². The second kappa shape index (κ2) is 7.92. The van der Waals surface area contributed by atoms with Crippen LogP contribution in [0.5, 0.6) is 0 Å². The Bertz CT molecular complexity index is 532. The van der Waals surface area contributed by atoms with E-state index in [1.165, 1.54) is 21.9 Å².